The second-order valence-corrected chi connectivity index (χ2v) is 5.92. The largest absolute Gasteiger partial charge is 0.506 e. The zero-order chi connectivity index (χ0) is 14.5. The van der Waals surface area contributed by atoms with Crippen molar-refractivity contribution in [3.63, 3.8) is 0 Å². The minimum atomic E-state index is -0.0876. The highest BCUT2D eigenvalue weighted by Crippen LogP contribution is 2.28. The van der Waals surface area contributed by atoms with E-state index in [0.717, 1.165) is 11.5 Å². The third kappa shape index (κ3) is 3.49. The van der Waals surface area contributed by atoms with Crippen molar-refractivity contribution in [2.45, 2.75) is 65.1 Å². The van der Waals surface area contributed by atoms with Gasteiger partial charge >= 0.3 is 0 Å². The maximum atomic E-state index is 10.1. The average Bonchev–Trinajstić information content (AvgIpc) is 2.49. The van der Waals surface area contributed by atoms with Crippen LogP contribution in [0, 0.1) is 12.8 Å². The number of aromatic nitrogens is 1. The van der Waals surface area contributed by atoms with Gasteiger partial charge in [-0.1, -0.05) is 19.3 Å². The van der Waals surface area contributed by atoms with Gasteiger partial charge in [0, 0.05) is 29.9 Å². The maximum Gasteiger partial charge on any atom is 0.141 e. The summed E-state index contributed by atoms with van der Waals surface area (Å²) < 4.78 is 0. The molecule has 0 amide bonds. The van der Waals surface area contributed by atoms with E-state index in [9.17, 15) is 10.2 Å². The monoisotopic (exact) mass is 278 g/mol. The molecule has 0 aliphatic heterocycles. The summed E-state index contributed by atoms with van der Waals surface area (Å²) in [6.45, 7) is 4.50. The average molecular weight is 278 g/mol. The van der Waals surface area contributed by atoms with Crippen LogP contribution >= 0.6 is 0 Å². The highest BCUT2D eigenvalue weighted by atomic mass is 16.3. The Balaban J connectivity index is 2.01. The quantitative estimate of drug-likeness (QED) is 0.774. The Bertz CT molecular complexity index is 442. The lowest BCUT2D eigenvalue weighted by atomic mass is 9.84. The molecule has 1 heterocycles. The summed E-state index contributed by atoms with van der Waals surface area (Å²) in [5.74, 6) is 0.936. The fourth-order valence-electron chi connectivity index (χ4n) is 3.08. The van der Waals surface area contributed by atoms with Crippen molar-refractivity contribution >= 4 is 0 Å². The van der Waals surface area contributed by atoms with Gasteiger partial charge in [0.15, 0.2) is 0 Å². The number of rotatable bonds is 5. The first-order valence-corrected chi connectivity index (χ1v) is 7.64. The molecule has 1 aromatic heterocycles. The van der Waals surface area contributed by atoms with Crippen molar-refractivity contribution in [2.24, 2.45) is 5.92 Å². The van der Waals surface area contributed by atoms with Crippen LogP contribution < -0.4 is 5.32 Å². The van der Waals surface area contributed by atoms with Gasteiger partial charge in [-0.15, -0.1) is 0 Å². The van der Waals surface area contributed by atoms with Crippen LogP contribution in [-0.4, -0.2) is 21.2 Å². The first-order valence-electron chi connectivity index (χ1n) is 7.64. The summed E-state index contributed by atoms with van der Waals surface area (Å²) in [5, 5.41) is 23.0. The molecule has 0 bridgehead atoms. The zero-order valence-corrected chi connectivity index (χ0v) is 12.5. The Morgan fingerprint density at radius 2 is 2.05 bits per heavy atom. The first kappa shape index (κ1) is 15.3. The van der Waals surface area contributed by atoms with E-state index in [2.05, 4.69) is 17.2 Å². The summed E-state index contributed by atoms with van der Waals surface area (Å²) in [7, 11) is 0. The van der Waals surface area contributed by atoms with Crippen molar-refractivity contribution < 1.29 is 10.2 Å². The van der Waals surface area contributed by atoms with Crippen LogP contribution in [0.5, 0.6) is 5.75 Å². The Morgan fingerprint density at radius 1 is 1.35 bits per heavy atom. The van der Waals surface area contributed by atoms with Gasteiger partial charge in [0.25, 0.3) is 0 Å². The zero-order valence-electron chi connectivity index (χ0n) is 12.5. The van der Waals surface area contributed by atoms with Gasteiger partial charge in [-0.2, -0.15) is 0 Å². The van der Waals surface area contributed by atoms with E-state index in [4.69, 9.17) is 0 Å². The molecule has 0 spiro atoms. The summed E-state index contributed by atoms with van der Waals surface area (Å²) in [6, 6.07) is 0.440. The molecule has 4 nitrogen and oxygen atoms in total. The molecule has 0 unspecified atom stereocenters. The number of aliphatic hydroxyl groups is 1. The van der Waals surface area contributed by atoms with Crippen molar-refractivity contribution in [3.8, 4) is 5.75 Å². The summed E-state index contributed by atoms with van der Waals surface area (Å²) in [4.78, 5) is 4.09. The van der Waals surface area contributed by atoms with Gasteiger partial charge in [0.2, 0.25) is 0 Å². The van der Waals surface area contributed by atoms with Crippen LogP contribution in [0.2, 0.25) is 0 Å². The molecule has 1 atom stereocenters. The van der Waals surface area contributed by atoms with Gasteiger partial charge < -0.3 is 15.5 Å². The number of hydrogen-bond donors (Lipinski definition) is 3. The number of hydrogen-bond acceptors (Lipinski definition) is 4. The molecular formula is C16H26N2O2. The second kappa shape index (κ2) is 7.04. The Labute approximate surface area is 121 Å². The molecule has 0 saturated heterocycles. The number of aliphatic hydroxyl groups excluding tert-OH is 1. The van der Waals surface area contributed by atoms with Crippen LogP contribution in [0.15, 0.2) is 6.20 Å². The molecule has 2 rings (SSSR count). The van der Waals surface area contributed by atoms with Crippen LogP contribution in [0.25, 0.3) is 0 Å². The fourth-order valence-corrected chi connectivity index (χ4v) is 3.08. The summed E-state index contributed by atoms with van der Waals surface area (Å²) >= 11 is 0. The first-order chi connectivity index (χ1) is 9.63. The highest BCUT2D eigenvalue weighted by molar-refractivity contribution is 5.40. The third-order valence-corrected chi connectivity index (χ3v) is 4.56. The molecule has 0 radical (unpaired) electrons. The molecule has 1 fully saturated rings. The summed E-state index contributed by atoms with van der Waals surface area (Å²) in [6.07, 6.45) is 8.26. The van der Waals surface area contributed by atoms with Gasteiger partial charge in [0.05, 0.1) is 12.3 Å². The van der Waals surface area contributed by atoms with E-state index in [1.54, 1.807) is 13.1 Å². The van der Waals surface area contributed by atoms with Crippen molar-refractivity contribution in [1.82, 2.24) is 10.3 Å². The van der Waals surface area contributed by atoms with E-state index in [1.807, 2.05) is 0 Å². The molecule has 4 heteroatoms. The molecule has 112 valence electrons. The number of pyridine rings is 1. The van der Waals surface area contributed by atoms with Crippen LogP contribution in [0.4, 0.5) is 0 Å². The lowest BCUT2D eigenvalue weighted by molar-refractivity contribution is 0.271. The summed E-state index contributed by atoms with van der Waals surface area (Å²) in [5.41, 5.74) is 2.10. The molecular weight excluding hydrogens is 252 g/mol. The Kier molecular flexibility index (Phi) is 5.38. The standard InChI is InChI=1S/C16H26N2O2/c1-11(13-6-4-3-5-7-13)18-9-15-14(10-19)8-17-12(2)16(15)20/h8,11,13,18-20H,3-7,9-10H2,1-2H3/t11-/m1/s1. The van der Waals surface area contributed by atoms with Crippen LogP contribution in [-0.2, 0) is 13.2 Å². The molecule has 3 N–H and O–H groups in total. The number of nitrogens with one attached hydrogen (secondary N) is 1. The Hall–Kier alpha value is -1.13. The van der Waals surface area contributed by atoms with Crippen LogP contribution in [0.1, 0.15) is 55.8 Å². The molecule has 1 aliphatic rings. The van der Waals surface area contributed by atoms with Crippen LogP contribution in [0.3, 0.4) is 0 Å². The maximum absolute atomic E-state index is 10.1. The topological polar surface area (TPSA) is 65.4 Å². The van der Waals surface area contributed by atoms with E-state index < -0.39 is 0 Å². The predicted octanol–water partition coefficient (Wildman–Crippen LogP) is 2.65. The minimum Gasteiger partial charge on any atom is -0.506 e. The fraction of sp³-hybridized carbons (Fsp3) is 0.688. The van der Waals surface area contributed by atoms with E-state index in [-0.39, 0.29) is 12.4 Å². The molecule has 20 heavy (non-hydrogen) atoms. The molecule has 1 aromatic rings. The number of aryl methyl sites for hydroxylation is 1. The molecule has 0 aromatic carbocycles. The van der Waals surface area contributed by atoms with Crippen molar-refractivity contribution in [1.29, 1.82) is 0 Å². The normalized spacial score (nSPS) is 18.1. The lowest BCUT2D eigenvalue weighted by Gasteiger charge is -2.28. The molecule has 1 saturated carbocycles. The van der Waals surface area contributed by atoms with E-state index in [0.29, 0.717) is 23.8 Å². The van der Waals surface area contributed by atoms with Gasteiger partial charge in [0.1, 0.15) is 5.75 Å². The smallest absolute Gasteiger partial charge is 0.141 e. The second-order valence-electron chi connectivity index (χ2n) is 5.92. The van der Waals surface area contributed by atoms with Gasteiger partial charge in [-0.25, -0.2) is 0 Å². The lowest BCUT2D eigenvalue weighted by Crippen LogP contribution is -2.34. The predicted molar refractivity (Wildman–Crippen MR) is 79.4 cm³/mol. The van der Waals surface area contributed by atoms with E-state index >= 15 is 0 Å². The van der Waals surface area contributed by atoms with E-state index in [1.165, 1.54) is 32.1 Å². The molecule has 1 aliphatic carbocycles. The Morgan fingerprint density at radius 3 is 2.70 bits per heavy atom. The number of aromatic hydroxyl groups is 1. The van der Waals surface area contributed by atoms with Gasteiger partial charge in [-0.3, -0.25) is 4.98 Å². The third-order valence-electron chi connectivity index (χ3n) is 4.56. The highest BCUT2D eigenvalue weighted by Gasteiger charge is 2.20. The van der Waals surface area contributed by atoms with Crippen molar-refractivity contribution in [2.75, 3.05) is 0 Å². The SMILES string of the molecule is Cc1ncc(CO)c(CN[C@H](C)C2CCCCC2)c1O. The van der Waals surface area contributed by atoms with Crippen molar-refractivity contribution in [3.05, 3.63) is 23.0 Å². The van der Waals surface area contributed by atoms with Gasteiger partial charge in [-0.05, 0) is 32.6 Å². The number of nitrogens with zero attached hydrogens (tertiary/aromatic N) is 1. The minimum absolute atomic E-state index is 0.0876.